The molecule has 0 spiro atoms. The zero-order valence-corrected chi connectivity index (χ0v) is 12.6. The number of H-pyrrole nitrogens is 1. The number of anilines is 1. The number of benzene rings is 2. The minimum absolute atomic E-state index is 0.141. The third-order valence-electron chi connectivity index (χ3n) is 3.94. The number of aromatic nitrogens is 2. The number of para-hydroxylation sites is 2. The molecule has 0 bridgehead atoms. The van der Waals surface area contributed by atoms with Crippen molar-refractivity contribution in [2.45, 2.75) is 6.92 Å². The van der Waals surface area contributed by atoms with E-state index in [9.17, 15) is 4.79 Å². The first-order chi connectivity index (χ1) is 11.2. The minimum Gasteiger partial charge on any atom is -0.360 e. The van der Waals surface area contributed by atoms with Crippen LogP contribution in [0.15, 0.2) is 60.8 Å². The molecule has 0 radical (unpaired) electrons. The van der Waals surface area contributed by atoms with Crippen molar-refractivity contribution in [1.82, 2.24) is 9.97 Å². The predicted octanol–water partition coefficient (Wildman–Crippen LogP) is 4.28. The number of amides is 1. The topological polar surface area (TPSA) is 57.8 Å². The quantitative estimate of drug-likeness (QED) is 0.580. The standard InChI is InChI=1S/C19H15N3O/c1-12-9-10-13-5-4-8-17(18(13)21-12)22-19(23)15-11-20-16-7-3-2-6-14(15)16/h2-11,20H,1H3,(H,22,23). The Hall–Kier alpha value is -3.14. The lowest BCUT2D eigenvalue weighted by Gasteiger charge is -2.08. The van der Waals surface area contributed by atoms with Crippen LogP contribution >= 0.6 is 0 Å². The van der Waals surface area contributed by atoms with Crippen LogP contribution in [-0.2, 0) is 0 Å². The van der Waals surface area contributed by atoms with Crippen molar-refractivity contribution in [3.63, 3.8) is 0 Å². The van der Waals surface area contributed by atoms with E-state index in [0.29, 0.717) is 5.56 Å². The molecule has 2 heterocycles. The molecule has 0 aliphatic carbocycles. The Labute approximate surface area is 133 Å². The molecule has 0 aliphatic rings. The van der Waals surface area contributed by atoms with Crippen LogP contribution in [0.4, 0.5) is 5.69 Å². The molecule has 2 N–H and O–H groups in total. The average molecular weight is 301 g/mol. The zero-order chi connectivity index (χ0) is 15.8. The summed E-state index contributed by atoms with van der Waals surface area (Å²) in [5.41, 5.74) is 4.03. The average Bonchev–Trinajstić information content (AvgIpc) is 2.99. The van der Waals surface area contributed by atoms with Gasteiger partial charge in [-0.2, -0.15) is 0 Å². The second-order valence-corrected chi connectivity index (χ2v) is 5.53. The van der Waals surface area contributed by atoms with Gasteiger partial charge in [-0.3, -0.25) is 9.78 Å². The van der Waals surface area contributed by atoms with Crippen LogP contribution in [0.3, 0.4) is 0 Å². The van der Waals surface area contributed by atoms with E-state index < -0.39 is 0 Å². The number of hydrogen-bond acceptors (Lipinski definition) is 2. The molecule has 0 fully saturated rings. The smallest absolute Gasteiger partial charge is 0.257 e. The highest BCUT2D eigenvalue weighted by molar-refractivity contribution is 6.14. The lowest BCUT2D eigenvalue weighted by molar-refractivity contribution is 0.102. The second kappa shape index (κ2) is 5.25. The number of hydrogen-bond donors (Lipinski definition) is 2. The van der Waals surface area contributed by atoms with Crippen LogP contribution in [0, 0.1) is 6.92 Å². The maximum atomic E-state index is 12.7. The number of nitrogens with one attached hydrogen (secondary N) is 2. The highest BCUT2D eigenvalue weighted by atomic mass is 16.1. The highest BCUT2D eigenvalue weighted by Crippen LogP contribution is 2.24. The number of carbonyl (C=O) groups is 1. The fraction of sp³-hybridized carbons (Fsp3) is 0.0526. The molecule has 4 heteroatoms. The molecular formula is C19H15N3O. The van der Waals surface area contributed by atoms with Gasteiger partial charge in [-0.25, -0.2) is 0 Å². The van der Waals surface area contributed by atoms with Gasteiger partial charge in [0.15, 0.2) is 0 Å². The van der Waals surface area contributed by atoms with Crippen LogP contribution in [0.5, 0.6) is 0 Å². The molecule has 0 aliphatic heterocycles. The molecule has 112 valence electrons. The molecule has 0 unspecified atom stereocenters. The summed E-state index contributed by atoms with van der Waals surface area (Å²) in [5, 5.41) is 4.90. The lowest BCUT2D eigenvalue weighted by atomic mass is 10.1. The molecule has 23 heavy (non-hydrogen) atoms. The number of aromatic amines is 1. The van der Waals surface area contributed by atoms with Crippen molar-refractivity contribution in [1.29, 1.82) is 0 Å². The van der Waals surface area contributed by atoms with E-state index in [0.717, 1.165) is 33.2 Å². The first-order valence-electron chi connectivity index (χ1n) is 7.46. The Balaban J connectivity index is 1.76. The van der Waals surface area contributed by atoms with E-state index in [-0.39, 0.29) is 5.91 Å². The summed E-state index contributed by atoms with van der Waals surface area (Å²) in [4.78, 5) is 20.3. The Bertz CT molecular complexity index is 1030. The Kier molecular flexibility index (Phi) is 3.08. The Morgan fingerprint density at radius 1 is 1.04 bits per heavy atom. The number of nitrogens with zero attached hydrogens (tertiary/aromatic N) is 1. The Morgan fingerprint density at radius 3 is 2.83 bits per heavy atom. The number of fused-ring (bicyclic) bond motifs is 2. The maximum absolute atomic E-state index is 12.7. The fourth-order valence-corrected chi connectivity index (χ4v) is 2.79. The summed E-state index contributed by atoms with van der Waals surface area (Å²) < 4.78 is 0. The third-order valence-corrected chi connectivity index (χ3v) is 3.94. The molecule has 0 saturated heterocycles. The van der Waals surface area contributed by atoms with E-state index in [4.69, 9.17) is 0 Å². The number of carbonyl (C=O) groups excluding carboxylic acids is 1. The van der Waals surface area contributed by atoms with Gasteiger partial charge in [0.25, 0.3) is 5.91 Å². The number of pyridine rings is 1. The lowest BCUT2D eigenvalue weighted by Crippen LogP contribution is -2.12. The van der Waals surface area contributed by atoms with E-state index >= 15 is 0 Å². The molecule has 2 aromatic heterocycles. The van der Waals surface area contributed by atoms with Crippen molar-refractivity contribution in [3.05, 3.63) is 72.1 Å². The van der Waals surface area contributed by atoms with Gasteiger partial charge in [0.05, 0.1) is 16.8 Å². The monoisotopic (exact) mass is 301 g/mol. The van der Waals surface area contributed by atoms with Gasteiger partial charge >= 0.3 is 0 Å². The summed E-state index contributed by atoms with van der Waals surface area (Å²) in [6.45, 7) is 1.94. The molecule has 0 saturated carbocycles. The van der Waals surface area contributed by atoms with Crippen molar-refractivity contribution >= 4 is 33.4 Å². The third kappa shape index (κ3) is 2.34. The van der Waals surface area contributed by atoms with Crippen molar-refractivity contribution in [3.8, 4) is 0 Å². The van der Waals surface area contributed by atoms with Crippen LogP contribution in [0.2, 0.25) is 0 Å². The number of aryl methyl sites for hydroxylation is 1. The fourth-order valence-electron chi connectivity index (χ4n) is 2.79. The van der Waals surface area contributed by atoms with Gasteiger partial charge in [-0.15, -0.1) is 0 Å². The van der Waals surface area contributed by atoms with E-state index in [1.54, 1.807) is 6.20 Å². The molecule has 4 aromatic rings. The highest BCUT2D eigenvalue weighted by Gasteiger charge is 2.13. The van der Waals surface area contributed by atoms with Gasteiger partial charge in [0, 0.05) is 28.2 Å². The van der Waals surface area contributed by atoms with Crippen LogP contribution in [-0.4, -0.2) is 15.9 Å². The molecule has 4 rings (SSSR count). The van der Waals surface area contributed by atoms with Gasteiger partial charge in [-0.05, 0) is 25.1 Å². The summed E-state index contributed by atoms with van der Waals surface area (Å²) in [6, 6.07) is 17.5. The van der Waals surface area contributed by atoms with Gasteiger partial charge in [0.2, 0.25) is 0 Å². The second-order valence-electron chi connectivity index (χ2n) is 5.53. The molecule has 0 atom stereocenters. The summed E-state index contributed by atoms with van der Waals surface area (Å²) in [6.07, 6.45) is 1.74. The maximum Gasteiger partial charge on any atom is 0.257 e. The summed E-state index contributed by atoms with van der Waals surface area (Å²) in [7, 11) is 0. The van der Waals surface area contributed by atoms with Crippen molar-refractivity contribution in [2.24, 2.45) is 0 Å². The van der Waals surface area contributed by atoms with Crippen molar-refractivity contribution < 1.29 is 4.79 Å². The van der Waals surface area contributed by atoms with Crippen LogP contribution in [0.1, 0.15) is 16.1 Å². The number of rotatable bonds is 2. The van der Waals surface area contributed by atoms with E-state index in [1.165, 1.54) is 0 Å². The van der Waals surface area contributed by atoms with Gasteiger partial charge < -0.3 is 10.3 Å². The summed E-state index contributed by atoms with van der Waals surface area (Å²) >= 11 is 0. The summed E-state index contributed by atoms with van der Waals surface area (Å²) in [5.74, 6) is -0.141. The SMILES string of the molecule is Cc1ccc2cccc(NC(=O)c3c[nH]c4ccccc34)c2n1. The van der Waals surface area contributed by atoms with Gasteiger partial charge in [0.1, 0.15) is 0 Å². The van der Waals surface area contributed by atoms with E-state index in [1.807, 2.05) is 61.5 Å². The molecule has 4 nitrogen and oxygen atoms in total. The van der Waals surface area contributed by atoms with Crippen LogP contribution < -0.4 is 5.32 Å². The first-order valence-corrected chi connectivity index (χ1v) is 7.46. The van der Waals surface area contributed by atoms with Crippen LogP contribution in [0.25, 0.3) is 21.8 Å². The van der Waals surface area contributed by atoms with Crippen molar-refractivity contribution in [2.75, 3.05) is 5.32 Å². The molecule has 1 amide bonds. The molecule has 2 aromatic carbocycles. The zero-order valence-electron chi connectivity index (χ0n) is 12.6. The normalized spacial score (nSPS) is 11.0. The van der Waals surface area contributed by atoms with Gasteiger partial charge in [-0.1, -0.05) is 36.4 Å². The Morgan fingerprint density at radius 2 is 1.91 bits per heavy atom. The van der Waals surface area contributed by atoms with E-state index in [2.05, 4.69) is 15.3 Å². The molecular weight excluding hydrogens is 286 g/mol. The predicted molar refractivity (Wildman–Crippen MR) is 92.7 cm³/mol. The first kappa shape index (κ1) is 13.5. The largest absolute Gasteiger partial charge is 0.360 e. The minimum atomic E-state index is -0.141.